The van der Waals surface area contributed by atoms with Crippen molar-refractivity contribution in [3.05, 3.63) is 23.9 Å². The standard InChI is InChI=1S/C15H21ClN2/c1-18(15-4-2-3-14(9-16)17-15)10-13-8-11-5-6-12(13)7-11/h2-4,11-13H,5-10H2,1H3. The first-order valence-electron chi connectivity index (χ1n) is 6.99. The fourth-order valence-corrected chi connectivity index (χ4v) is 3.95. The summed E-state index contributed by atoms with van der Waals surface area (Å²) in [6.45, 7) is 1.15. The van der Waals surface area contributed by atoms with Crippen molar-refractivity contribution in [3.8, 4) is 0 Å². The molecule has 0 spiro atoms. The minimum atomic E-state index is 0.496. The minimum Gasteiger partial charge on any atom is -0.359 e. The van der Waals surface area contributed by atoms with Crippen LogP contribution < -0.4 is 4.90 Å². The smallest absolute Gasteiger partial charge is 0.128 e. The molecule has 0 amide bonds. The predicted octanol–water partition coefficient (Wildman–Crippen LogP) is 3.69. The van der Waals surface area contributed by atoms with Crippen LogP contribution in [0.15, 0.2) is 18.2 Å². The van der Waals surface area contributed by atoms with E-state index in [0.29, 0.717) is 5.88 Å². The topological polar surface area (TPSA) is 16.1 Å². The molecule has 0 radical (unpaired) electrons. The van der Waals surface area contributed by atoms with Gasteiger partial charge in [-0.05, 0) is 49.1 Å². The average molecular weight is 265 g/mol. The normalized spacial score (nSPS) is 29.8. The van der Waals surface area contributed by atoms with Crippen LogP contribution >= 0.6 is 11.6 Å². The second-order valence-electron chi connectivity index (χ2n) is 5.94. The third kappa shape index (κ3) is 2.35. The van der Waals surface area contributed by atoms with Crippen LogP contribution in [-0.4, -0.2) is 18.6 Å². The molecule has 2 fully saturated rings. The van der Waals surface area contributed by atoms with E-state index in [1.54, 1.807) is 0 Å². The summed E-state index contributed by atoms with van der Waals surface area (Å²) in [4.78, 5) is 6.90. The molecule has 0 aliphatic heterocycles. The van der Waals surface area contributed by atoms with Crippen LogP contribution in [0.2, 0.25) is 0 Å². The summed E-state index contributed by atoms with van der Waals surface area (Å²) < 4.78 is 0. The Labute approximate surface area is 114 Å². The molecule has 0 saturated heterocycles. The molecule has 18 heavy (non-hydrogen) atoms. The SMILES string of the molecule is CN(CC1CC2CCC1C2)c1cccc(CCl)n1. The molecule has 1 aromatic rings. The quantitative estimate of drug-likeness (QED) is 0.771. The molecule has 3 heteroatoms. The number of anilines is 1. The number of halogens is 1. The Balaban J connectivity index is 1.65. The van der Waals surface area contributed by atoms with Crippen LogP contribution in [0.3, 0.4) is 0 Å². The van der Waals surface area contributed by atoms with Gasteiger partial charge in [-0.2, -0.15) is 0 Å². The molecular weight excluding hydrogens is 244 g/mol. The van der Waals surface area contributed by atoms with Crippen molar-refractivity contribution in [2.24, 2.45) is 17.8 Å². The Morgan fingerprint density at radius 2 is 2.22 bits per heavy atom. The Morgan fingerprint density at radius 3 is 2.89 bits per heavy atom. The summed E-state index contributed by atoms with van der Waals surface area (Å²) in [6, 6.07) is 6.13. The molecule has 1 heterocycles. The van der Waals surface area contributed by atoms with E-state index in [1.807, 2.05) is 6.07 Å². The first-order chi connectivity index (χ1) is 8.76. The first-order valence-corrected chi connectivity index (χ1v) is 7.52. The van der Waals surface area contributed by atoms with E-state index in [-0.39, 0.29) is 0 Å². The maximum absolute atomic E-state index is 5.84. The number of rotatable bonds is 4. The molecule has 1 aromatic heterocycles. The highest BCUT2D eigenvalue weighted by molar-refractivity contribution is 6.16. The summed E-state index contributed by atoms with van der Waals surface area (Å²) in [5.74, 6) is 4.45. The van der Waals surface area contributed by atoms with Gasteiger partial charge in [-0.1, -0.05) is 12.5 Å². The molecule has 2 nitrogen and oxygen atoms in total. The number of hydrogen-bond acceptors (Lipinski definition) is 2. The lowest BCUT2D eigenvalue weighted by Gasteiger charge is -2.28. The molecule has 2 bridgehead atoms. The van der Waals surface area contributed by atoms with E-state index in [2.05, 4.69) is 29.1 Å². The molecule has 0 aromatic carbocycles. The molecule has 0 N–H and O–H groups in total. The van der Waals surface area contributed by atoms with Crippen molar-refractivity contribution in [2.45, 2.75) is 31.6 Å². The maximum atomic E-state index is 5.84. The number of nitrogens with zero attached hydrogens (tertiary/aromatic N) is 2. The molecular formula is C15H21ClN2. The van der Waals surface area contributed by atoms with Crippen LogP contribution in [0, 0.1) is 17.8 Å². The molecule has 98 valence electrons. The molecule has 2 aliphatic rings. The Hall–Kier alpha value is -0.760. The van der Waals surface area contributed by atoms with Crippen molar-refractivity contribution in [1.29, 1.82) is 0 Å². The molecule has 3 rings (SSSR count). The summed E-state index contributed by atoms with van der Waals surface area (Å²) in [5.41, 5.74) is 0.967. The zero-order valence-electron chi connectivity index (χ0n) is 11.0. The van der Waals surface area contributed by atoms with Gasteiger partial charge >= 0.3 is 0 Å². The van der Waals surface area contributed by atoms with Crippen LogP contribution in [0.4, 0.5) is 5.82 Å². The highest BCUT2D eigenvalue weighted by atomic mass is 35.5. The van der Waals surface area contributed by atoms with Crippen LogP contribution in [0.25, 0.3) is 0 Å². The molecule has 2 saturated carbocycles. The third-order valence-electron chi connectivity index (χ3n) is 4.71. The third-order valence-corrected chi connectivity index (χ3v) is 4.99. The fraction of sp³-hybridized carbons (Fsp3) is 0.667. The van der Waals surface area contributed by atoms with Crippen molar-refractivity contribution >= 4 is 17.4 Å². The van der Waals surface area contributed by atoms with Gasteiger partial charge in [-0.25, -0.2) is 4.98 Å². The zero-order chi connectivity index (χ0) is 12.5. The van der Waals surface area contributed by atoms with Gasteiger partial charge in [0.15, 0.2) is 0 Å². The van der Waals surface area contributed by atoms with Crippen molar-refractivity contribution in [1.82, 2.24) is 4.98 Å². The number of fused-ring (bicyclic) bond motifs is 2. The summed E-state index contributed by atoms with van der Waals surface area (Å²) in [7, 11) is 2.16. The number of alkyl halides is 1. The van der Waals surface area contributed by atoms with E-state index in [9.17, 15) is 0 Å². The largest absolute Gasteiger partial charge is 0.359 e. The highest BCUT2D eigenvalue weighted by Gasteiger charge is 2.39. The van der Waals surface area contributed by atoms with Gasteiger partial charge in [0.25, 0.3) is 0 Å². The summed E-state index contributed by atoms with van der Waals surface area (Å²) in [6.07, 6.45) is 5.85. The minimum absolute atomic E-state index is 0.496. The summed E-state index contributed by atoms with van der Waals surface area (Å²) in [5, 5.41) is 0. The van der Waals surface area contributed by atoms with Crippen LogP contribution in [0.1, 0.15) is 31.4 Å². The molecule has 2 aliphatic carbocycles. The Bertz CT molecular complexity index is 421. The number of aromatic nitrogens is 1. The fourth-order valence-electron chi connectivity index (χ4n) is 3.80. The maximum Gasteiger partial charge on any atom is 0.128 e. The lowest BCUT2D eigenvalue weighted by molar-refractivity contribution is 0.337. The number of hydrogen-bond donors (Lipinski definition) is 0. The lowest BCUT2D eigenvalue weighted by atomic mass is 9.88. The Kier molecular flexibility index (Phi) is 3.47. The monoisotopic (exact) mass is 264 g/mol. The van der Waals surface area contributed by atoms with Gasteiger partial charge in [0, 0.05) is 13.6 Å². The van der Waals surface area contributed by atoms with Gasteiger partial charge in [0.1, 0.15) is 5.82 Å². The van der Waals surface area contributed by atoms with E-state index in [4.69, 9.17) is 11.6 Å². The van der Waals surface area contributed by atoms with Gasteiger partial charge < -0.3 is 4.90 Å². The van der Waals surface area contributed by atoms with Gasteiger partial charge in [-0.3, -0.25) is 0 Å². The van der Waals surface area contributed by atoms with Crippen molar-refractivity contribution in [2.75, 3.05) is 18.5 Å². The Morgan fingerprint density at radius 1 is 1.33 bits per heavy atom. The van der Waals surface area contributed by atoms with E-state index < -0.39 is 0 Å². The first kappa shape index (κ1) is 12.3. The highest BCUT2D eigenvalue weighted by Crippen LogP contribution is 2.48. The van der Waals surface area contributed by atoms with E-state index in [1.165, 1.54) is 25.7 Å². The van der Waals surface area contributed by atoms with E-state index in [0.717, 1.165) is 35.8 Å². The van der Waals surface area contributed by atoms with Crippen molar-refractivity contribution in [3.63, 3.8) is 0 Å². The van der Waals surface area contributed by atoms with Crippen LogP contribution in [0.5, 0.6) is 0 Å². The summed E-state index contributed by atoms with van der Waals surface area (Å²) >= 11 is 5.84. The molecule has 3 unspecified atom stereocenters. The number of pyridine rings is 1. The van der Waals surface area contributed by atoms with Crippen molar-refractivity contribution < 1.29 is 0 Å². The van der Waals surface area contributed by atoms with E-state index >= 15 is 0 Å². The van der Waals surface area contributed by atoms with Gasteiger partial charge in [-0.15, -0.1) is 11.6 Å². The van der Waals surface area contributed by atoms with Gasteiger partial charge in [0.2, 0.25) is 0 Å². The second-order valence-corrected chi connectivity index (χ2v) is 6.20. The molecule has 3 atom stereocenters. The predicted molar refractivity (Wildman–Crippen MR) is 76.0 cm³/mol. The van der Waals surface area contributed by atoms with Crippen LogP contribution in [-0.2, 0) is 5.88 Å². The second kappa shape index (κ2) is 5.08. The average Bonchev–Trinajstić information content (AvgIpc) is 3.01. The van der Waals surface area contributed by atoms with Gasteiger partial charge in [0.05, 0.1) is 11.6 Å². The zero-order valence-corrected chi connectivity index (χ0v) is 11.7. The lowest BCUT2D eigenvalue weighted by Crippen LogP contribution is -2.29.